The molecule has 1 aliphatic heterocycles. The van der Waals surface area contributed by atoms with Gasteiger partial charge in [-0.25, -0.2) is 0 Å². The number of aromatic nitrogens is 3. The number of rotatable bonds is 3. The lowest BCUT2D eigenvalue weighted by Gasteiger charge is -2.10. The van der Waals surface area contributed by atoms with E-state index in [-0.39, 0.29) is 0 Å². The van der Waals surface area contributed by atoms with Crippen LogP contribution >= 0.6 is 11.8 Å². The fourth-order valence-electron chi connectivity index (χ4n) is 2.72. The molecular weight excluding hydrogens is 286 g/mol. The SMILES string of the molecule is COCc1noc(-c2ccc3[nH]c4c(c3c2)CSCC4)n1. The third kappa shape index (κ3) is 2.24. The highest BCUT2D eigenvalue weighted by molar-refractivity contribution is 7.98. The second-order valence-corrected chi connectivity index (χ2v) is 6.20. The van der Waals surface area contributed by atoms with Gasteiger partial charge in [0.1, 0.15) is 6.61 Å². The standard InChI is InChI=1S/C15H15N3O2S/c1-19-7-14-17-15(20-18-14)9-2-3-12-10(6-9)11-8-21-5-4-13(11)16-12/h2-3,6,16H,4-5,7-8H2,1H3. The van der Waals surface area contributed by atoms with Crippen LogP contribution in [0.25, 0.3) is 22.4 Å². The normalized spacial score (nSPS) is 14.5. The Kier molecular flexibility index (Phi) is 3.20. The van der Waals surface area contributed by atoms with Gasteiger partial charge in [-0.05, 0) is 35.9 Å². The van der Waals surface area contributed by atoms with Crippen LogP contribution in [-0.4, -0.2) is 28.0 Å². The van der Waals surface area contributed by atoms with Crippen molar-refractivity contribution in [1.29, 1.82) is 0 Å². The van der Waals surface area contributed by atoms with Crippen molar-refractivity contribution in [3.63, 3.8) is 0 Å². The van der Waals surface area contributed by atoms with Gasteiger partial charge in [-0.3, -0.25) is 0 Å². The van der Waals surface area contributed by atoms with E-state index in [0.29, 0.717) is 18.3 Å². The summed E-state index contributed by atoms with van der Waals surface area (Å²) < 4.78 is 10.3. The van der Waals surface area contributed by atoms with Crippen molar-refractivity contribution in [3.05, 3.63) is 35.3 Å². The molecule has 0 amide bonds. The minimum Gasteiger partial charge on any atom is -0.377 e. The van der Waals surface area contributed by atoms with Crippen molar-refractivity contribution in [1.82, 2.24) is 15.1 Å². The molecule has 1 aliphatic rings. The van der Waals surface area contributed by atoms with E-state index >= 15 is 0 Å². The lowest BCUT2D eigenvalue weighted by molar-refractivity contribution is 0.174. The Morgan fingerprint density at radius 3 is 3.29 bits per heavy atom. The zero-order valence-corrected chi connectivity index (χ0v) is 12.5. The molecular formula is C15H15N3O2S. The number of thioether (sulfide) groups is 1. The fraction of sp³-hybridized carbons (Fsp3) is 0.333. The van der Waals surface area contributed by atoms with E-state index in [9.17, 15) is 0 Å². The summed E-state index contributed by atoms with van der Waals surface area (Å²) in [4.78, 5) is 7.88. The number of aryl methyl sites for hydroxylation is 1. The average Bonchev–Trinajstić information content (AvgIpc) is 3.11. The Balaban J connectivity index is 1.78. The van der Waals surface area contributed by atoms with Crippen molar-refractivity contribution < 1.29 is 9.26 Å². The van der Waals surface area contributed by atoms with Gasteiger partial charge in [-0.1, -0.05) is 5.16 Å². The molecule has 1 aromatic carbocycles. The molecule has 0 fully saturated rings. The molecule has 0 spiro atoms. The number of nitrogens with zero attached hydrogens (tertiary/aromatic N) is 2. The van der Waals surface area contributed by atoms with Gasteiger partial charge in [0, 0.05) is 35.0 Å². The van der Waals surface area contributed by atoms with E-state index in [1.54, 1.807) is 7.11 Å². The van der Waals surface area contributed by atoms with Crippen molar-refractivity contribution in [2.24, 2.45) is 0 Å². The summed E-state index contributed by atoms with van der Waals surface area (Å²) >= 11 is 1.98. The highest BCUT2D eigenvalue weighted by atomic mass is 32.2. The number of hydrogen-bond donors (Lipinski definition) is 1. The number of benzene rings is 1. The monoisotopic (exact) mass is 301 g/mol. The van der Waals surface area contributed by atoms with E-state index in [1.165, 1.54) is 27.9 Å². The third-order valence-electron chi connectivity index (χ3n) is 3.73. The van der Waals surface area contributed by atoms with Crippen molar-refractivity contribution >= 4 is 22.7 Å². The zero-order valence-electron chi connectivity index (χ0n) is 11.7. The Morgan fingerprint density at radius 1 is 1.43 bits per heavy atom. The summed E-state index contributed by atoms with van der Waals surface area (Å²) in [5.41, 5.74) is 4.92. The van der Waals surface area contributed by atoms with Gasteiger partial charge in [0.15, 0.2) is 5.82 Å². The zero-order chi connectivity index (χ0) is 14.2. The summed E-state index contributed by atoms with van der Waals surface area (Å²) in [7, 11) is 1.62. The van der Waals surface area contributed by atoms with Gasteiger partial charge in [0.2, 0.25) is 0 Å². The first-order chi connectivity index (χ1) is 10.3. The second kappa shape index (κ2) is 5.20. The minimum atomic E-state index is 0.363. The molecule has 6 heteroatoms. The Labute approximate surface area is 126 Å². The topological polar surface area (TPSA) is 63.9 Å². The van der Waals surface area contributed by atoms with Crippen LogP contribution < -0.4 is 0 Å². The average molecular weight is 301 g/mol. The van der Waals surface area contributed by atoms with Crippen molar-refractivity contribution in [2.45, 2.75) is 18.8 Å². The summed E-state index contributed by atoms with van der Waals surface area (Å²) in [5.74, 6) is 3.37. The summed E-state index contributed by atoms with van der Waals surface area (Å²) in [5, 5.41) is 5.18. The molecule has 2 aromatic heterocycles. The molecule has 0 saturated heterocycles. The second-order valence-electron chi connectivity index (χ2n) is 5.09. The number of hydrogen-bond acceptors (Lipinski definition) is 5. The maximum Gasteiger partial charge on any atom is 0.258 e. The molecule has 1 N–H and O–H groups in total. The largest absolute Gasteiger partial charge is 0.377 e. The molecule has 4 rings (SSSR count). The van der Waals surface area contributed by atoms with Crippen LogP contribution in [0.3, 0.4) is 0 Å². The quantitative estimate of drug-likeness (QED) is 0.805. The predicted octanol–water partition coefficient (Wildman–Crippen LogP) is 3.15. The van der Waals surface area contributed by atoms with Crippen molar-refractivity contribution in [2.75, 3.05) is 12.9 Å². The molecule has 0 radical (unpaired) electrons. The minimum absolute atomic E-state index is 0.363. The van der Waals surface area contributed by atoms with Crippen LogP contribution in [0.2, 0.25) is 0 Å². The molecule has 3 aromatic rings. The summed E-state index contributed by atoms with van der Waals surface area (Å²) in [6.07, 6.45) is 1.11. The molecule has 0 bridgehead atoms. The predicted molar refractivity (Wildman–Crippen MR) is 82.2 cm³/mol. The number of fused-ring (bicyclic) bond motifs is 3. The lowest BCUT2D eigenvalue weighted by atomic mass is 10.1. The molecule has 0 unspecified atom stereocenters. The molecule has 3 heterocycles. The first-order valence-electron chi connectivity index (χ1n) is 6.88. The smallest absolute Gasteiger partial charge is 0.258 e. The number of aromatic amines is 1. The lowest BCUT2D eigenvalue weighted by Crippen LogP contribution is -1.99. The van der Waals surface area contributed by atoms with Crippen LogP contribution in [0, 0.1) is 0 Å². The molecule has 0 aliphatic carbocycles. The van der Waals surface area contributed by atoms with Crippen LogP contribution in [0.4, 0.5) is 0 Å². The van der Waals surface area contributed by atoms with E-state index in [0.717, 1.165) is 17.7 Å². The van der Waals surface area contributed by atoms with E-state index in [4.69, 9.17) is 9.26 Å². The van der Waals surface area contributed by atoms with E-state index in [1.807, 2.05) is 17.8 Å². The highest BCUT2D eigenvalue weighted by Gasteiger charge is 2.17. The van der Waals surface area contributed by atoms with Gasteiger partial charge in [0.25, 0.3) is 5.89 Å². The van der Waals surface area contributed by atoms with Crippen LogP contribution in [0.1, 0.15) is 17.1 Å². The molecule has 5 nitrogen and oxygen atoms in total. The van der Waals surface area contributed by atoms with Gasteiger partial charge in [0.05, 0.1) is 0 Å². The van der Waals surface area contributed by atoms with Crippen LogP contribution in [-0.2, 0) is 23.5 Å². The molecule has 108 valence electrons. The Bertz CT molecular complexity index is 793. The van der Waals surface area contributed by atoms with Gasteiger partial charge < -0.3 is 14.2 Å². The summed E-state index contributed by atoms with van der Waals surface area (Å²) in [6.45, 7) is 0.363. The first-order valence-corrected chi connectivity index (χ1v) is 8.04. The maximum atomic E-state index is 5.32. The number of methoxy groups -OCH3 is 1. The third-order valence-corrected chi connectivity index (χ3v) is 4.71. The van der Waals surface area contributed by atoms with Crippen molar-refractivity contribution in [3.8, 4) is 11.5 Å². The Hall–Kier alpha value is -1.79. The molecule has 0 atom stereocenters. The maximum absolute atomic E-state index is 5.32. The van der Waals surface area contributed by atoms with Crippen LogP contribution in [0.5, 0.6) is 0 Å². The van der Waals surface area contributed by atoms with Gasteiger partial charge in [-0.15, -0.1) is 0 Å². The summed E-state index contributed by atoms with van der Waals surface area (Å²) in [6, 6.07) is 6.25. The van der Waals surface area contributed by atoms with Gasteiger partial charge in [-0.2, -0.15) is 16.7 Å². The number of H-pyrrole nitrogens is 1. The van der Waals surface area contributed by atoms with E-state index in [2.05, 4.69) is 27.3 Å². The fourth-order valence-corrected chi connectivity index (χ4v) is 3.75. The number of ether oxygens (including phenoxy) is 1. The Morgan fingerprint density at radius 2 is 2.38 bits per heavy atom. The first kappa shape index (κ1) is 12.9. The highest BCUT2D eigenvalue weighted by Crippen LogP contribution is 2.33. The van der Waals surface area contributed by atoms with Gasteiger partial charge >= 0.3 is 0 Å². The van der Waals surface area contributed by atoms with Crippen LogP contribution in [0.15, 0.2) is 22.7 Å². The molecule has 0 saturated carbocycles. The number of nitrogens with one attached hydrogen (secondary N) is 1. The van der Waals surface area contributed by atoms with E-state index < -0.39 is 0 Å². The molecule has 21 heavy (non-hydrogen) atoms.